The van der Waals surface area contributed by atoms with Crippen molar-refractivity contribution < 1.29 is 4.79 Å². The van der Waals surface area contributed by atoms with E-state index in [0.29, 0.717) is 10.8 Å². The lowest BCUT2D eigenvalue weighted by molar-refractivity contribution is -0.116. The fraction of sp³-hybridized carbons (Fsp3) is 0.933. The van der Waals surface area contributed by atoms with Gasteiger partial charge >= 0.3 is 0 Å². The molecule has 1 nitrogen and oxygen atoms in total. The summed E-state index contributed by atoms with van der Waals surface area (Å²) in [6.07, 6.45) is 8.79. The van der Waals surface area contributed by atoms with Crippen molar-refractivity contribution in [1.82, 2.24) is 0 Å². The van der Waals surface area contributed by atoms with Crippen LogP contribution in [0.2, 0.25) is 0 Å². The highest BCUT2D eigenvalue weighted by atomic mass is 16.1. The number of carbonyl (C=O) groups excluding carboxylic acids is 1. The van der Waals surface area contributed by atoms with Gasteiger partial charge in [0.25, 0.3) is 0 Å². The monoisotopic (exact) mass is 220 g/mol. The van der Waals surface area contributed by atoms with Gasteiger partial charge in [0, 0.05) is 5.41 Å². The summed E-state index contributed by atoms with van der Waals surface area (Å²) in [5.41, 5.74) is 1.10. The molecule has 2 bridgehead atoms. The third-order valence-electron chi connectivity index (χ3n) is 6.28. The van der Waals surface area contributed by atoms with E-state index in [9.17, 15) is 4.79 Å². The Kier molecular flexibility index (Phi) is 1.97. The highest BCUT2D eigenvalue weighted by Gasteiger charge is 2.61. The number of hydrogen-bond donors (Lipinski definition) is 0. The van der Waals surface area contributed by atoms with Crippen molar-refractivity contribution >= 4 is 6.29 Å². The van der Waals surface area contributed by atoms with Crippen molar-refractivity contribution in [3.63, 3.8) is 0 Å². The van der Waals surface area contributed by atoms with E-state index in [2.05, 4.69) is 20.8 Å². The lowest BCUT2D eigenvalue weighted by atomic mass is 9.47. The first-order valence-electron chi connectivity index (χ1n) is 6.87. The molecule has 0 aromatic rings. The summed E-state index contributed by atoms with van der Waals surface area (Å²) < 4.78 is 0. The molecule has 3 aliphatic rings. The van der Waals surface area contributed by atoms with Crippen molar-refractivity contribution in [2.45, 2.75) is 59.3 Å². The van der Waals surface area contributed by atoms with Gasteiger partial charge in [0.05, 0.1) is 0 Å². The SMILES string of the molecule is CC1(C)C[C@H]2[C@H]1CC[C@]1(C=O)CC[C@@]2(C)C1. The summed E-state index contributed by atoms with van der Waals surface area (Å²) >= 11 is 0. The molecule has 4 atom stereocenters. The Morgan fingerprint density at radius 2 is 1.81 bits per heavy atom. The van der Waals surface area contributed by atoms with Crippen molar-refractivity contribution in [2.24, 2.45) is 28.1 Å². The second-order valence-electron chi connectivity index (χ2n) is 7.76. The number of hydrogen-bond acceptors (Lipinski definition) is 1. The summed E-state index contributed by atoms with van der Waals surface area (Å²) in [4.78, 5) is 11.4. The summed E-state index contributed by atoms with van der Waals surface area (Å²) in [6.45, 7) is 7.30. The minimum absolute atomic E-state index is 0.0716. The van der Waals surface area contributed by atoms with E-state index in [1.165, 1.54) is 32.0 Å². The summed E-state index contributed by atoms with van der Waals surface area (Å²) in [6, 6.07) is 0. The van der Waals surface area contributed by atoms with Gasteiger partial charge in [-0.05, 0) is 61.2 Å². The molecule has 0 aliphatic heterocycles. The third-order valence-corrected chi connectivity index (χ3v) is 6.28. The molecule has 0 aromatic carbocycles. The number of fused-ring (bicyclic) bond motifs is 4. The zero-order valence-electron chi connectivity index (χ0n) is 10.9. The molecule has 0 unspecified atom stereocenters. The maximum Gasteiger partial charge on any atom is 0.126 e. The van der Waals surface area contributed by atoms with Crippen LogP contribution >= 0.6 is 0 Å². The van der Waals surface area contributed by atoms with Gasteiger partial charge in [0.1, 0.15) is 6.29 Å². The van der Waals surface area contributed by atoms with Crippen molar-refractivity contribution in [3.8, 4) is 0 Å². The highest BCUT2D eigenvalue weighted by Crippen LogP contribution is 2.69. The Morgan fingerprint density at radius 1 is 1.06 bits per heavy atom. The van der Waals surface area contributed by atoms with Gasteiger partial charge in [0.2, 0.25) is 0 Å². The largest absolute Gasteiger partial charge is 0.303 e. The molecular weight excluding hydrogens is 196 g/mol. The van der Waals surface area contributed by atoms with Gasteiger partial charge in [-0.1, -0.05) is 20.8 Å². The highest BCUT2D eigenvalue weighted by molar-refractivity contribution is 5.60. The fourth-order valence-corrected chi connectivity index (χ4v) is 5.22. The van der Waals surface area contributed by atoms with Gasteiger partial charge < -0.3 is 4.79 Å². The predicted molar refractivity (Wildman–Crippen MR) is 65.1 cm³/mol. The lowest BCUT2D eigenvalue weighted by Crippen LogP contribution is -2.49. The van der Waals surface area contributed by atoms with Crippen LogP contribution in [0.15, 0.2) is 0 Å². The molecular formula is C15H24O. The zero-order chi connectivity index (χ0) is 11.6. The van der Waals surface area contributed by atoms with E-state index in [0.717, 1.165) is 24.7 Å². The maximum absolute atomic E-state index is 11.4. The first-order valence-corrected chi connectivity index (χ1v) is 6.87. The van der Waals surface area contributed by atoms with Crippen LogP contribution in [0.25, 0.3) is 0 Å². The molecule has 0 heterocycles. The molecule has 3 saturated carbocycles. The predicted octanol–water partition coefficient (Wildman–Crippen LogP) is 3.82. The van der Waals surface area contributed by atoms with Crippen LogP contribution in [0.1, 0.15) is 59.3 Å². The third kappa shape index (κ3) is 1.21. The van der Waals surface area contributed by atoms with Crippen LogP contribution < -0.4 is 0 Å². The Labute approximate surface area is 99.0 Å². The minimum Gasteiger partial charge on any atom is -0.303 e. The van der Waals surface area contributed by atoms with Gasteiger partial charge in [-0.3, -0.25) is 0 Å². The number of aldehydes is 1. The molecule has 90 valence electrons. The van der Waals surface area contributed by atoms with E-state index in [-0.39, 0.29) is 5.41 Å². The summed E-state index contributed by atoms with van der Waals surface area (Å²) in [5.74, 6) is 1.80. The molecule has 3 fully saturated rings. The van der Waals surface area contributed by atoms with E-state index >= 15 is 0 Å². The average molecular weight is 220 g/mol. The van der Waals surface area contributed by atoms with Crippen LogP contribution in [-0.4, -0.2) is 6.29 Å². The van der Waals surface area contributed by atoms with Crippen LogP contribution in [0, 0.1) is 28.1 Å². The van der Waals surface area contributed by atoms with Crippen molar-refractivity contribution in [2.75, 3.05) is 0 Å². The second kappa shape index (κ2) is 2.91. The Morgan fingerprint density at radius 3 is 2.44 bits per heavy atom. The molecule has 16 heavy (non-hydrogen) atoms. The van der Waals surface area contributed by atoms with E-state index in [1.54, 1.807) is 0 Å². The summed E-state index contributed by atoms with van der Waals surface area (Å²) in [7, 11) is 0. The second-order valence-corrected chi connectivity index (χ2v) is 7.76. The molecule has 3 aliphatic carbocycles. The van der Waals surface area contributed by atoms with Crippen LogP contribution in [0.3, 0.4) is 0 Å². The zero-order valence-corrected chi connectivity index (χ0v) is 10.9. The van der Waals surface area contributed by atoms with Crippen LogP contribution in [0.5, 0.6) is 0 Å². The van der Waals surface area contributed by atoms with Crippen molar-refractivity contribution in [1.29, 1.82) is 0 Å². The van der Waals surface area contributed by atoms with Crippen LogP contribution in [0.4, 0.5) is 0 Å². The van der Waals surface area contributed by atoms with E-state index < -0.39 is 0 Å². The van der Waals surface area contributed by atoms with Gasteiger partial charge in [-0.25, -0.2) is 0 Å². The fourth-order valence-electron chi connectivity index (χ4n) is 5.22. The minimum atomic E-state index is 0.0716. The van der Waals surface area contributed by atoms with Gasteiger partial charge in [-0.2, -0.15) is 0 Å². The van der Waals surface area contributed by atoms with E-state index in [1.807, 2.05) is 0 Å². The molecule has 0 N–H and O–H groups in total. The number of carbonyl (C=O) groups is 1. The number of rotatable bonds is 1. The summed E-state index contributed by atoms with van der Waals surface area (Å²) in [5, 5.41) is 0. The van der Waals surface area contributed by atoms with Crippen molar-refractivity contribution in [3.05, 3.63) is 0 Å². The molecule has 0 aromatic heterocycles. The first kappa shape index (κ1) is 10.8. The molecule has 3 rings (SSSR count). The lowest BCUT2D eigenvalue weighted by Gasteiger charge is -2.57. The Hall–Kier alpha value is -0.330. The Bertz CT molecular complexity index is 332. The quantitative estimate of drug-likeness (QED) is 0.614. The molecule has 0 amide bonds. The average Bonchev–Trinajstić information content (AvgIpc) is 2.50. The van der Waals surface area contributed by atoms with E-state index in [4.69, 9.17) is 0 Å². The smallest absolute Gasteiger partial charge is 0.126 e. The van der Waals surface area contributed by atoms with Gasteiger partial charge in [0.15, 0.2) is 0 Å². The first-order chi connectivity index (χ1) is 7.41. The molecule has 0 saturated heterocycles. The topological polar surface area (TPSA) is 17.1 Å². The van der Waals surface area contributed by atoms with Gasteiger partial charge in [-0.15, -0.1) is 0 Å². The normalized spacial score (nSPS) is 53.7. The maximum atomic E-state index is 11.4. The Balaban J connectivity index is 1.93. The standard InChI is InChI=1S/C15H24O/c1-13(2)8-12-11(13)4-5-15(10-16)7-6-14(12,3)9-15/h10-12H,4-9H2,1-3H3/t11-,12+,14+,15+/m1/s1. The molecule has 0 spiro atoms. The van der Waals surface area contributed by atoms with Crippen LogP contribution in [-0.2, 0) is 4.79 Å². The molecule has 0 radical (unpaired) electrons. The molecule has 1 heteroatoms.